The molecule has 1 heteroatoms. The van der Waals surface area contributed by atoms with Crippen LogP contribution in [-0.2, 0) is 4.79 Å². The first-order valence-corrected chi connectivity index (χ1v) is 5.61. The van der Waals surface area contributed by atoms with Crippen molar-refractivity contribution in [3.05, 3.63) is 11.6 Å². The van der Waals surface area contributed by atoms with Gasteiger partial charge in [0.2, 0.25) is 0 Å². The summed E-state index contributed by atoms with van der Waals surface area (Å²) in [4.78, 5) is 11.9. The number of ketones is 1. The average Bonchev–Trinajstić information content (AvgIpc) is 2.11. The standard InChI is InChI=1S/C13H22O/c1-6-11(14)12-9(2)7-8-10(3)13(12,4)5/h8-9,12H,6-7H2,1-5H3/t9-,12+/m1/s1. The molecule has 0 spiro atoms. The van der Waals surface area contributed by atoms with Crippen molar-refractivity contribution in [1.29, 1.82) is 0 Å². The number of carbonyl (C=O) groups excluding carboxylic acids is 1. The summed E-state index contributed by atoms with van der Waals surface area (Å²) >= 11 is 0. The van der Waals surface area contributed by atoms with E-state index in [1.807, 2.05) is 6.92 Å². The average molecular weight is 194 g/mol. The second kappa shape index (κ2) is 3.88. The molecule has 0 heterocycles. The minimum absolute atomic E-state index is 0.0603. The highest BCUT2D eigenvalue weighted by atomic mass is 16.1. The van der Waals surface area contributed by atoms with Gasteiger partial charge in [0.15, 0.2) is 0 Å². The third kappa shape index (κ3) is 1.77. The minimum Gasteiger partial charge on any atom is -0.299 e. The molecule has 0 saturated heterocycles. The van der Waals surface area contributed by atoms with Crippen LogP contribution in [0.2, 0.25) is 0 Å². The van der Waals surface area contributed by atoms with Crippen molar-refractivity contribution < 1.29 is 4.79 Å². The van der Waals surface area contributed by atoms with Crippen LogP contribution in [0.4, 0.5) is 0 Å². The Morgan fingerprint density at radius 2 is 2.14 bits per heavy atom. The van der Waals surface area contributed by atoms with Gasteiger partial charge in [-0.05, 0) is 24.7 Å². The predicted octanol–water partition coefficient (Wildman–Crippen LogP) is 3.59. The molecule has 0 unspecified atom stereocenters. The zero-order valence-electron chi connectivity index (χ0n) is 10.1. The molecule has 0 aliphatic heterocycles. The Bertz CT molecular complexity index is 260. The van der Waals surface area contributed by atoms with E-state index in [-0.39, 0.29) is 11.3 Å². The molecule has 1 aliphatic rings. The fourth-order valence-corrected chi connectivity index (χ4v) is 2.66. The van der Waals surface area contributed by atoms with E-state index in [0.717, 1.165) is 6.42 Å². The highest BCUT2D eigenvalue weighted by molar-refractivity contribution is 5.82. The second-order valence-electron chi connectivity index (χ2n) is 5.12. The second-order valence-corrected chi connectivity index (χ2v) is 5.12. The summed E-state index contributed by atoms with van der Waals surface area (Å²) < 4.78 is 0. The summed E-state index contributed by atoms with van der Waals surface area (Å²) in [5, 5.41) is 0. The first-order chi connectivity index (χ1) is 6.41. The molecule has 0 bridgehead atoms. The van der Waals surface area contributed by atoms with Crippen molar-refractivity contribution in [2.45, 2.75) is 47.5 Å². The lowest BCUT2D eigenvalue weighted by Crippen LogP contribution is -2.38. The maximum absolute atomic E-state index is 11.9. The van der Waals surface area contributed by atoms with Crippen LogP contribution < -0.4 is 0 Å². The van der Waals surface area contributed by atoms with Gasteiger partial charge in [-0.3, -0.25) is 4.79 Å². The summed E-state index contributed by atoms with van der Waals surface area (Å²) in [6, 6.07) is 0. The number of rotatable bonds is 2. The van der Waals surface area contributed by atoms with E-state index in [2.05, 4.69) is 33.8 Å². The molecule has 80 valence electrons. The van der Waals surface area contributed by atoms with E-state index >= 15 is 0 Å². The fourth-order valence-electron chi connectivity index (χ4n) is 2.66. The summed E-state index contributed by atoms with van der Waals surface area (Å²) in [5.41, 5.74) is 1.44. The Balaban J connectivity index is 3.02. The van der Waals surface area contributed by atoms with Crippen LogP contribution in [0.15, 0.2) is 11.6 Å². The summed E-state index contributed by atoms with van der Waals surface area (Å²) in [7, 11) is 0. The van der Waals surface area contributed by atoms with Crippen molar-refractivity contribution in [1.82, 2.24) is 0 Å². The topological polar surface area (TPSA) is 17.1 Å². The molecule has 2 atom stereocenters. The zero-order valence-corrected chi connectivity index (χ0v) is 10.1. The Hall–Kier alpha value is -0.590. The van der Waals surface area contributed by atoms with Gasteiger partial charge < -0.3 is 0 Å². The van der Waals surface area contributed by atoms with Gasteiger partial charge >= 0.3 is 0 Å². The van der Waals surface area contributed by atoms with Crippen LogP contribution in [-0.4, -0.2) is 5.78 Å². The normalized spacial score (nSPS) is 31.1. The largest absolute Gasteiger partial charge is 0.299 e. The first-order valence-electron chi connectivity index (χ1n) is 5.61. The summed E-state index contributed by atoms with van der Waals surface area (Å²) in [5.74, 6) is 1.15. The Morgan fingerprint density at radius 3 is 2.64 bits per heavy atom. The van der Waals surface area contributed by atoms with Crippen molar-refractivity contribution in [2.24, 2.45) is 17.3 Å². The van der Waals surface area contributed by atoms with Gasteiger partial charge in [-0.2, -0.15) is 0 Å². The summed E-state index contributed by atoms with van der Waals surface area (Å²) in [6.45, 7) is 10.7. The van der Waals surface area contributed by atoms with Crippen LogP contribution in [0.5, 0.6) is 0 Å². The molecule has 0 N–H and O–H groups in total. The quantitative estimate of drug-likeness (QED) is 0.614. The van der Waals surface area contributed by atoms with Crippen molar-refractivity contribution in [3.8, 4) is 0 Å². The smallest absolute Gasteiger partial charge is 0.136 e. The Morgan fingerprint density at radius 1 is 1.57 bits per heavy atom. The number of hydrogen-bond donors (Lipinski definition) is 0. The van der Waals surface area contributed by atoms with Crippen LogP contribution in [0.3, 0.4) is 0 Å². The molecule has 0 radical (unpaired) electrons. The molecule has 0 fully saturated rings. The molecule has 0 aromatic heterocycles. The molecule has 0 aromatic rings. The van der Waals surface area contributed by atoms with Gasteiger partial charge in [-0.25, -0.2) is 0 Å². The van der Waals surface area contributed by atoms with E-state index in [1.165, 1.54) is 5.57 Å². The zero-order chi connectivity index (χ0) is 10.9. The lowest BCUT2D eigenvalue weighted by atomic mass is 9.62. The molecule has 0 amide bonds. The number of hydrogen-bond acceptors (Lipinski definition) is 1. The van der Waals surface area contributed by atoms with E-state index in [4.69, 9.17) is 0 Å². The van der Waals surface area contributed by atoms with Gasteiger partial charge in [-0.15, -0.1) is 0 Å². The lowest BCUT2D eigenvalue weighted by Gasteiger charge is -2.41. The van der Waals surface area contributed by atoms with Crippen LogP contribution in [0, 0.1) is 17.3 Å². The molecular weight excluding hydrogens is 172 g/mol. The first kappa shape index (κ1) is 11.5. The molecule has 14 heavy (non-hydrogen) atoms. The van der Waals surface area contributed by atoms with Gasteiger partial charge in [0, 0.05) is 12.3 Å². The number of carbonyl (C=O) groups is 1. The monoisotopic (exact) mass is 194 g/mol. The molecule has 1 aliphatic carbocycles. The highest BCUT2D eigenvalue weighted by Gasteiger charge is 2.40. The third-order valence-corrected chi connectivity index (χ3v) is 3.85. The van der Waals surface area contributed by atoms with Gasteiger partial charge in [0.1, 0.15) is 5.78 Å². The van der Waals surface area contributed by atoms with E-state index in [1.54, 1.807) is 0 Å². The van der Waals surface area contributed by atoms with Gasteiger partial charge in [-0.1, -0.05) is 39.3 Å². The molecule has 1 nitrogen and oxygen atoms in total. The van der Waals surface area contributed by atoms with Crippen molar-refractivity contribution in [3.63, 3.8) is 0 Å². The molecular formula is C13H22O. The minimum atomic E-state index is 0.0603. The molecule has 0 aromatic carbocycles. The predicted molar refractivity (Wildman–Crippen MR) is 60.1 cm³/mol. The van der Waals surface area contributed by atoms with Crippen LogP contribution in [0.1, 0.15) is 47.5 Å². The van der Waals surface area contributed by atoms with E-state index < -0.39 is 0 Å². The van der Waals surface area contributed by atoms with E-state index in [9.17, 15) is 4.79 Å². The third-order valence-electron chi connectivity index (χ3n) is 3.85. The molecule has 1 rings (SSSR count). The van der Waals surface area contributed by atoms with Crippen molar-refractivity contribution in [2.75, 3.05) is 0 Å². The van der Waals surface area contributed by atoms with Crippen LogP contribution in [0.25, 0.3) is 0 Å². The maximum Gasteiger partial charge on any atom is 0.136 e. The maximum atomic E-state index is 11.9. The Kier molecular flexibility index (Phi) is 3.18. The summed E-state index contributed by atoms with van der Waals surface area (Å²) in [6.07, 6.45) is 4.03. The number of Topliss-reactive ketones (excluding diaryl/α,β-unsaturated/α-hetero) is 1. The van der Waals surface area contributed by atoms with Gasteiger partial charge in [0.05, 0.1) is 0 Å². The van der Waals surface area contributed by atoms with E-state index in [0.29, 0.717) is 18.1 Å². The fraction of sp³-hybridized carbons (Fsp3) is 0.769. The Labute approximate surface area is 87.6 Å². The van der Waals surface area contributed by atoms with Gasteiger partial charge in [0.25, 0.3) is 0 Å². The number of allylic oxidation sites excluding steroid dienone is 2. The van der Waals surface area contributed by atoms with Crippen molar-refractivity contribution >= 4 is 5.78 Å². The SMILES string of the molecule is CCC(=O)[C@@H]1[C@H](C)CC=C(C)C1(C)C. The molecule has 0 saturated carbocycles. The van der Waals surface area contributed by atoms with Crippen LogP contribution >= 0.6 is 0 Å². The highest BCUT2D eigenvalue weighted by Crippen LogP contribution is 2.45. The lowest BCUT2D eigenvalue weighted by molar-refractivity contribution is -0.127.